The number of rotatable bonds is 5. The molecule has 1 atom stereocenters. The van der Waals surface area contributed by atoms with Gasteiger partial charge in [0.25, 0.3) is 5.91 Å². The predicted molar refractivity (Wildman–Crippen MR) is 118 cm³/mol. The van der Waals surface area contributed by atoms with Crippen LogP contribution in [0.4, 0.5) is 0 Å². The minimum absolute atomic E-state index is 0.0875. The highest BCUT2D eigenvalue weighted by molar-refractivity contribution is 9.10. The molecule has 0 aliphatic carbocycles. The SMILES string of the molecule is CCN(CC)C(=O)C1=C(C)N=C2SC(C#N)=C(N)N2[C@H]1c1ccc(OC)c(Br)c1. The molecule has 152 valence electrons. The number of aliphatic imine (C=N–C) groups is 1. The third-order valence-corrected chi connectivity index (χ3v) is 6.55. The van der Waals surface area contributed by atoms with E-state index in [1.165, 1.54) is 11.8 Å². The van der Waals surface area contributed by atoms with Crippen molar-refractivity contribution in [2.75, 3.05) is 20.2 Å². The maximum Gasteiger partial charge on any atom is 0.254 e. The first kappa shape index (κ1) is 21.3. The Hall–Kier alpha value is -2.44. The van der Waals surface area contributed by atoms with Crippen molar-refractivity contribution in [2.45, 2.75) is 26.8 Å². The summed E-state index contributed by atoms with van der Waals surface area (Å²) >= 11 is 4.75. The Morgan fingerprint density at radius 3 is 2.69 bits per heavy atom. The number of amides is 1. The van der Waals surface area contributed by atoms with Gasteiger partial charge in [-0.1, -0.05) is 6.07 Å². The van der Waals surface area contributed by atoms with Gasteiger partial charge in [0.1, 0.15) is 22.5 Å². The van der Waals surface area contributed by atoms with Crippen molar-refractivity contribution in [1.82, 2.24) is 9.80 Å². The first-order chi connectivity index (χ1) is 13.9. The smallest absolute Gasteiger partial charge is 0.254 e. The third kappa shape index (κ3) is 3.63. The summed E-state index contributed by atoms with van der Waals surface area (Å²) in [7, 11) is 1.60. The van der Waals surface area contributed by atoms with Crippen LogP contribution in [0.5, 0.6) is 5.75 Å². The van der Waals surface area contributed by atoms with E-state index >= 15 is 0 Å². The van der Waals surface area contributed by atoms with Gasteiger partial charge < -0.3 is 15.4 Å². The third-order valence-electron chi connectivity index (χ3n) is 4.95. The fourth-order valence-corrected chi connectivity index (χ4v) is 4.94. The topological polar surface area (TPSA) is 95.0 Å². The van der Waals surface area contributed by atoms with Crippen molar-refractivity contribution in [3.63, 3.8) is 0 Å². The molecule has 1 aromatic rings. The highest BCUT2D eigenvalue weighted by Crippen LogP contribution is 2.46. The van der Waals surface area contributed by atoms with Crippen LogP contribution in [0.15, 0.2) is 49.7 Å². The van der Waals surface area contributed by atoms with Crippen LogP contribution in [-0.4, -0.2) is 41.1 Å². The summed E-state index contributed by atoms with van der Waals surface area (Å²) in [5, 5.41) is 10.1. The number of thioether (sulfide) groups is 1. The largest absolute Gasteiger partial charge is 0.496 e. The molecule has 0 saturated heterocycles. The van der Waals surface area contributed by atoms with Gasteiger partial charge in [0, 0.05) is 13.1 Å². The molecule has 2 aliphatic heterocycles. The molecular formula is C20H22BrN5O2S. The van der Waals surface area contributed by atoms with E-state index in [1.54, 1.807) is 16.9 Å². The summed E-state index contributed by atoms with van der Waals surface area (Å²) in [6.07, 6.45) is 0. The summed E-state index contributed by atoms with van der Waals surface area (Å²) < 4.78 is 6.11. The lowest BCUT2D eigenvalue weighted by molar-refractivity contribution is -0.127. The fraction of sp³-hybridized carbons (Fsp3) is 0.350. The fourth-order valence-electron chi connectivity index (χ4n) is 3.46. The molecule has 0 radical (unpaired) electrons. The molecule has 7 nitrogen and oxygen atoms in total. The van der Waals surface area contributed by atoms with Crippen LogP contribution in [-0.2, 0) is 4.79 Å². The van der Waals surface area contributed by atoms with Crippen molar-refractivity contribution in [2.24, 2.45) is 10.7 Å². The monoisotopic (exact) mass is 475 g/mol. The summed E-state index contributed by atoms with van der Waals surface area (Å²) in [5.41, 5.74) is 8.34. The van der Waals surface area contributed by atoms with E-state index in [0.29, 0.717) is 46.0 Å². The number of hydrogen-bond donors (Lipinski definition) is 1. The van der Waals surface area contributed by atoms with Crippen molar-refractivity contribution in [3.05, 3.63) is 50.2 Å². The number of nitriles is 1. The van der Waals surface area contributed by atoms with E-state index in [2.05, 4.69) is 27.0 Å². The molecule has 0 unspecified atom stereocenters. The van der Waals surface area contributed by atoms with Gasteiger partial charge in [-0.15, -0.1) is 0 Å². The van der Waals surface area contributed by atoms with Gasteiger partial charge in [-0.05, 0) is 66.2 Å². The summed E-state index contributed by atoms with van der Waals surface area (Å²) in [6, 6.07) is 7.30. The van der Waals surface area contributed by atoms with Crippen LogP contribution in [0.3, 0.4) is 0 Å². The van der Waals surface area contributed by atoms with E-state index < -0.39 is 6.04 Å². The van der Waals surface area contributed by atoms with Gasteiger partial charge in [-0.2, -0.15) is 5.26 Å². The van der Waals surface area contributed by atoms with Crippen molar-refractivity contribution in [3.8, 4) is 11.8 Å². The number of halogens is 1. The first-order valence-electron chi connectivity index (χ1n) is 9.16. The highest BCUT2D eigenvalue weighted by Gasteiger charge is 2.43. The van der Waals surface area contributed by atoms with Crippen LogP contribution in [0.2, 0.25) is 0 Å². The van der Waals surface area contributed by atoms with Gasteiger partial charge in [0.15, 0.2) is 5.17 Å². The number of benzene rings is 1. The molecule has 2 aliphatic rings. The van der Waals surface area contributed by atoms with E-state index in [4.69, 9.17) is 10.5 Å². The number of allylic oxidation sites excluding steroid dienone is 2. The number of hydrogen-bond acceptors (Lipinski definition) is 7. The predicted octanol–water partition coefficient (Wildman–Crippen LogP) is 3.71. The maximum atomic E-state index is 13.4. The molecular weight excluding hydrogens is 454 g/mol. The number of ether oxygens (including phenoxy) is 1. The second-order valence-electron chi connectivity index (χ2n) is 6.47. The number of carbonyl (C=O) groups excluding carboxylic acids is 1. The molecule has 2 heterocycles. The molecule has 0 saturated carbocycles. The minimum Gasteiger partial charge on any atom is -0.496 e. The summed E-state index contributed by atoms with van der Waals surface area (Å²) in [5.74, 6) is 0.911. The second-order valence-corrected chi connectivity index (χ2v) is 8.30. The molecule has 3 rings (SSSR count). The number of nitrogens with zero attached hydrogens (tertiary/aromatic N) is 4. The van der Waals surface area contributed by atoms with Gasteiger partial charge in [0.05, 0.1) is 28.9 Å². The Morgan fingerprint density at radius 1 is 1.45 bits per heavy atom. The van der Waals surface area contributed by atoms with Crippen LogP contribution in [0, 0.1) is 11.3 Å². The average Bonchev–Trinajstić information content (AvgIpc) is 3.02. The zero-order valence-electron chi connectivity index (χ0n) is 16.7. The quantitative estimate of drug-likeness (QED) is 0.696. The minimum atomic E-state index is -0.490. The number of methoxy groups -OCH3 is 1. The van der Waals surface area contributed by atoms with Gasteiger partial charge in [0.2, 0.25) is 0 Å². The summed E-state index contributed by atoms with van der Waals surface area (Å²) in [6.45, 7) is 6.90. The van der Waals surface area contributed by atoms with Crippen LogP contribution < -0.4 is 10.5 Å². The molecule has 2 N–H and O–H groups in total. The molecule has 29 heavy (non-hydrogen) atoms. The Morgan fingerprint density at radius 2 is 2.14 bits per heavy atom. The molecule has 0 spiro atoms. The Kier molecular flexibility index (Phi) is 6.24. The van der Waals surface area contributed by atoms with E-state index in [1.807, 2.05) is 39.0 Å². The highest BCUT2D eigenvalue weighted by atomic mass is 79.9. The van der Waals surface area contributed by atoms with Crippen LogP contribution >= 0.6 is 27.7 Å². The van der Waals surface area contributed by atoms with Gasteiger partial charge in [-0.25, -0.2) is 4.99 Å². The van der Waals surface area contributed by atoms with Crippen LogP contribution in [0.1, 0.15) is 32.4 Å². The van der Waals surface area contributed by atoms with E-state index in [-0.39, 0.29) is 5.91 Å². The number of fused-ring (bicyclic) bond motifs is 1. The van der Waals surface area contributed by atoms with E-state index in [0.717, 1.165) is 10.0 Å². The maximum absolute atomic E-state index is 13.4. The lowest BCUT2D eigenvalue weighted by atomic mass is 9.93. The lowest BCUT2D eigenvalue weighted by Crippen LogP contribution is -2.42. The molecule has 0 aromatic heterocycles. The zero-order valence-corrected chi connectivity index (χ0v) is 19.1. The van der Waals surface area contributed by atoms with Crippen molar-refractivity contribution in [1.29, 1.82) is 5.26 Å². The average molecular weight is 476 g/mol. The number of likely N-dealkylation sites (N-methyl/N-ethyl adjacent to an activating group) is 1. The Bertz CT molecular complexity index is 991. The second kappa shape index (κ2) is 8.51. The van der Waals surface area contributed by atoms with Gasteiger partial charge >= 0.3 is 0 Å². The van der Waals surface area contributed by atoms with Crippen molar-refractivity contribution >= 4 is 38.8 Å². The molecule has 9 heteroatoms. The normalized spacial score (nSPS) is 18.4. The van der Waals surface area contributed by atoms with E-state index in [9.17, 15) is 10.1 Å². The molecule has 1 amide bonds. The standard InChI is InChI=1S/C20H22BrN5O2S/c1-5-25(6-2)19(27)16-11(3)24-20-26(18(23)15(10-22)29-20)17(16)12-7-8-14(28-4)13(21)9-12/h7-9,17H,5-6,23H2,1-4H3/t17-/m0/s1. The first-order valence-corrected chi connectivity index (χ1v) is 10.8. The Balaban J connectivity index is 2.21. The van der Waals surface area contributed by atoms with Crippen molar-refractivity contribution < 1.29 is 9.53 Å². The van der Waals surface area contributed by atoms with Gasteiger partial charge in [-0.3, -0.25) is 9.69 Å². The number of carbonyl (C=O) groups is 1. The van der Waals surface area contributed by atoms with Crippen LogP contribution in [0.25, 0.3) is 0 Å². The zero-order chi connectivity index (χ0) is 21.3. The Labute approximate surface area is 183 Å². The number of amidine groups is 1. The lowest BCUT2D eigenvalue weighted by Gasteiger charge is -2.37. The molecule has 0 bridgehead atoms. The summed E-state index contributed by atoms with van der Waals surface area (Å²) in [4.78, 5) is 21.9. The number of nitrogens with two attached hydrogens (primary N) is 1. The molecule has 1 aromatic carbocycles. The molecule has 0 fully saturated rings.